The Labute approximate surface area is 61.9 Å². The number of hydrogen-bond donors (Lipinski definition) is 1. The average molecular weight is 141 g/mol. The minimum Gasteiger partial charge on any atom is -0.411 e. The first-order valence-corrected chi connectivity index (χ1v) is 3.95. The Hall–Kier alpha value is -0.530. The first-order chi connectivity index (χ1) is 4.74. The quantitative estimate of drug-likeness (QED) is 0.407. The smallest absolute Gasteiger partial charge is 0.0601 e. The van der Waals surface area contributed by atoms with Crippen LogP contribution in [-0.4, -0.2) is 10.9 Å². The highest BCUT2D eigenvalue weighted by molar-refractivity contribution is 5.86. The van der Waals surface area contributed by atoms with Crippen LogP contribution >= 0.6 is 0 Å². The molecule has 1 aliphatic carbocycles. The van der Waals surface area contributed by atoms with E-state index in [-0.39, 0.29) is 0 Å². The highest BCUT2D eigenvalue weighted by atomic mass is 16.4. The molecule has 2 atom stereocenters. The van der Waals surface area contributed by atoms with Gasteiger partial charge in [0.1, 0.15) is 0 Å². The molecule has 0 aromatic carbocycles. The molecular formula is C8H15NO. The zero-order valence-electron chi connectivity index (χ0n) is 6.67. The molecule has 0 aromatic heterocycles. The normalized spacial score (nSPS) is 38.4. The third-order valence-electron chi connectivity index (χ3n) is 2.35. The molecule has 0 heterocycles. The monoisotopic (exact) mass is 141 g/mol. The van der Waals surface area contributed by atoms with Crippen molar-refractivity contribution in [2.75, 3.05) is 0 Å². The van der Waals surface area contributed by atoms with Crippen LogP contribution in [0.2, 0.25) is 0 Å². The second-order valence-corrected chi connectivity index (χ2v) is 3.38. The summed E-state index contributed by atoms with van der Waals surface area (Å²) in [7, 11) is 0. The second-order valence-electron chi connectivity index (χ2n) is 3.38. The van der Waals surface area contributed by atoms with Gasteiger partial charge in [0, 0.05) is 0 Å². The highest BCUT2D eigenvalue weighted by Gasteiger charge is 2.20. The van der Waals surface area contributed by atoms with Gasteiger partial charge in [0.25, 0.3) is 0 Å². The van der Waals surface area contributed by atoms with E-state index in [1.807, 2.05) is 0 Å². The standard InChI is InChI=1S/C8H15NO/c1-6-3-4-7(2)8(5-6)9-10/h6-7,10H,3-5H2,1-2H3/b9-8-. The van der Waals surface area contributed by atoms with Crippen molar-refractivity contribution in [1.29, 1.82) is 0 Å². The van der Waals surface area contributed by atoms with Crippen LogP contribution in [0.15, 0.2) is 5.16 Å². The summed E-state index contributed by atoms with van der Waals surface area (Å²) >= 11 is 0. The maximum Gasteiger partial charge on any atom is 0.0601 e. The molecule has 0 amide bonds. The van der Waals surface area contributed by atoms with Crippen LogP contribution in [0.4, 0.5) is 0 Å². The van der Waals surface area contributed by atoms with Gasteiger partial charge in [0.15, 0.2) is 0 Å². The van der Waals surface area contributed by atoms with Gasteiger partial charge in [-0.1, -0.05) is 19.0 Å². The van der Waals surface area contributed by atoms with Gasteiger partial charge >= 0.3 is 0 Å². The Morgan fingerprint density at radius 3 is 2.60 bits per heavy atom. The van der Waals surface area contributed by atoms with Crippen molar-refractivity contribution in [3.05, 3.63) is 0 Å². The van der Waals surface area contributed by atoms with Crippen LogP contribution in [-0.2, 0) is 0 Å². The molecule has 2 heteroatoms. The topological polar surface area (TPSA) is 32.6 Å². The summed E-state index contributed by atoms with van der Waals surface area (Å²) in [5.41, 5.74) is 0.985. The van der Waals surface area contributed by atoms with Gasteiger partial charge in [0.2, 0.25) is 0 Å². The summed E-state index contributed by atoms with van der Waals surface area (Å²) in [6.45, 7) is 4.33. The van der Waals surface area contributed by atoms with E-state index in [1.54, 1.807) is 0 Å². The fraction of sp³-hybridized carbons (Fsp3) is 0.875. The average Bonchev–Trinajstić information content (AvgIpc) is 1.94. The van der Waals surface area contributed by atoms with E-state index in [0.717, 1.165) is 12.1 Å². The van der Waals surface area contributed by atoms with Crippen LogP contribution in [0, 0.1) is 11.8 Å². The maximum absolute atomic E-state index is 8.57. The predicted octanol–water partition coefficient (Wildman–Crippen LogP) is 2.27. The lowest BCUT2D eigenvalue weighted by atomic mass is 9.82. The number of hydrogen-bond acceptors (Lipinski definition) is 2. The molecule has 1 fully saturated rings. The molecule has 1 rings (SSSR count). The van der Waals surface area contributed by atoms with E-state index in [1.165, 1.54) is 12.8 Å². The van der Waals surface area contributed by atoms with Gasteiger partial charge in [-0.15, -0.1) is 0 Å². The third kappa shape index (κ3) is 1.49. The molecule has 58 valence electrons. The van der Waals surface area contributed by atoms with E-state index < -0.39 is 0 Å². The molecule has 0 radical (unpaired) electrons. The fourth-order valence-electron chi connectivity index (χ4n) is 1.50. The SMILES string of the molecule is CC1CCC(C)/C(=N\O)C1. The summed E-state index contributed by atoms with van der Waals surface area (Å²) in [5.74, 6) is 1.21. The molecule has 0 bridgehead atoms. The molecule has 1 saturated carbocycles. The number of rotatable bonds is 0. The van der Waals surface area contributed by atoms with Crippen LogP contribution in [0.3, 0.4) is 0 Å². The fourth-order valence-corrected chi connectivity index (χ4v) is 1.50. The summed E-state index contributed by atoms with van der Waals surface area (Å²) in [6, 6.07) is 0. The first-order valence-electron chi connectivity index (χ1n) is 3.95. The van der Waals surface area contributed by atoms with Gasteiger partial charge in [-0.25, -0.2) is 0 Å². The highest BCUT2D eigenvalue weighted by Crippen LogP contribution is 2.25. The van der Waals surface area contributed by atoms with E-state index in [4.69, 9.17) is 5.21 Å². The molecule has 10 heavy (non-hydrogen) atoms. The Morgan fingerprint density at radius 1 is 1.40 bits per heavy atom. The van der Waals surface area contributed by atoms with Crippen LogP contribution in [0.25, 0.3) is 0 Å². The van der Waals surface area contributed by atoms with Crippen molar-refractivity contribution in [1.82, 2.24) is 0 Å². The zero-order valence-corrected chi connectivity index (χ0v) is 6.67. The predicted molar refractivity (Wildman–Crippen MR) is 41.4 cm³/mol. The molecule has 0 spiro atoms. The zero-order chi connectivity index (χ0) is 7.56. The summed E-state index contributed by atoms with van der Waals surface area (Å²) in [6.07, 6.45) is 3.44. The lowest BCUT2D eigenvalue weighted by molar-refractivity contribution is 0.305. The van der Waals surface area contributed by atoms with Crippen molar-refractivity contribution in [3.63, 3.8) is 0 Å². The minimum absolute atomic E-state index is 0.501. The molecule has 0 aromatic rings. The van der Waals surface area contributed by atoms with E-state index in [0.29, 0.717) is 11.8 Å². The minimum atomic E-state index is 0.501. The molecule has 0 saturated heterocycles. The Kier molecular flexibility index (Phi) is 2.30. The van der Waals surface area contributed by atoms with Gasteiger partial charge in [-0.2, -0.15) is 0 Å². The maximum atomic E-state index is 8.57. The van der Waals surface area contributed by atoms with Gasteiger partial charge in [-0.3, -0.25) is 0 Å². The van der Waals surface area contributed by atoms with Gasteiger partial charge in [0.05, 0.1) is 5.71 Å². The van der Waals surface area contributed by atoms with E-state index in [9.17, 15) is 0 Å². The third-order valence-corrected chi connectivity index (χ3v) is 2.35. The number of nitrogens with zero attached hydrogens (tertiary/aromatic N) is 1. The largest absolute Gasteiger partial charge is 0.411 e. The summed E-state index contributed by atoms with van der Waals surface area (Å²) in [4.78, 5) is 0. The molecule has 0 aliphatic heterocycles. The summed E-state index contributed by atoms with van der Waals surface area (Å²) in [5, 5.41) is 11.9. The Bertz CT molecular complexity index is 142. The van der Waals surface area contributed by atoms with Crippen LogP contribution in [0.5, 0.6) is 0 Å². The molecule has 2 nitrogen and oxygen atoms in total. The van der Waals surface area contributed by atoms with Crippen LogP contribution in [0.1, 0.15) is 33.1 Å². The van der Waals surface area contributed by atoms with E-state index in [2.05, 4.69) is 19.0 Å². The Morgan fingerprint density at radius 2 is 2.10 bits per heavy atom. The first kappa shape index (κ1) is 7.58. The van der Waals surface area contributed by atoms with Crippen molar-refractivity contribution in [3.8, 4) is 0 Å². The molecule has 1 aliphatic rings. The number of oxime groups is 1. The molecule has 1 N–H and O–H groups in total. The van der Waals surface area contributed by atoms with Gasteiger partial charge < -0.3 is 5.21 Å². The molecule has 2 unspecified atom stereocenters. The van der Waals surface area contributed by atoms with Crippen molar-refractivity contribution in [2.24, 2.45) is 17.0 Å². The lowest BCUT2D eigenvalue weighted by Gasteiger charge is -2.23. The second kappa shape index (κ2) is 3.04. The van der Waals surface area contributed by atoms with Crippen LogP contribution < -0.4 is 0 Å². The van der Waals surface area contributed by atoms with E-state index >= 15 is 0 Å². The lowest BCUT2D eigenvalue weighted by Crippen LogP contribution is -2.21. The van der Waals surface area contributed by atoms with Crippen molar-refractivity contribution < 1.29 is 5.21 Å². The van der Waals surface area contributed by atoms with Gasteiger partial charge in [-0.05, 0) is 31.1 Å². The Balaban J connectivity index is 2.54. The summed E-state index contributed by atoms with van der Waals surface area (Å²) < 4.78 is 0. The van der Waals surface area contributed by atoms with Crippen molar-refractivity contribution >= 4 is 5.71 Å². The van der Waals surface area contributed by atoms with Crippen molar-refractivity contribution in [2.45, 2.75) is 33.1 Å². The molecular weight excluding hydrogens is 126 g/mol.